The lowest BCUT2D eigenvalue weighted by Crippen LogP contribution is -2.10. The average molecular weight is 579 g/mol. The highest BCUT2D eigenvalue weighted by Crippen LogP contribution is 2.42. The Morgan fingerprint density at radius 3 is 1.64 bits per heavy atom. The molecule has 1 aliphatic rings. The van der Waals surface area contributed by atoms with Gasteiger partial charge in [0.25, 0.3) is 0 Å². The number of nitrogens with zero attached hydrogens (tertiary/aromatic N) is 1. The van der Waals surface area contributed by atoms with Gasteiger partial charge in [-0.05, 0) is 79.0 Å². The van der Waals surface area contributed by atoms with Crippen LogP contribution in [-0.2, 0) is 0 Å². The first-order valence-corrected chi connectivity index (χ1v) is 14.8. The molecule has 6 aromatic carbocycles. The molecule has 0 bridgehead atoms. The summed E-state index contributed by atoms with van der Waals surface area (Å²) in [7, 11) is 0. The Kier molecular flexibility index (Phi) is 7.30. The van der Waals surface area contributed by atoms with E-state index in [9.17, 15) is 0 Å². The van der Waals surface area contributed by atoms with Crippen LogP contribution in [0.2, 0.25) is 0 Å². The molecule has 1 heterocycles. The Bertz CT molecular complexity index is 2230. The third-order valence-corrected chi connectivity index (χ3v) is 8.19. The molecule has 1 aliphatic carbocycles. The summed E-state index contributed by atoms with van der Waals surface area (Å²) in [4.78, 5) is 4.28. The lowest BCUT2D eigenvalue weighted by atomic mass is 9.84. The number of pyridine rings is 1. The molecular formula is C41H30N4. The first kappa shape index (κ1) is 27.7. The van der Waals surface area contributed by atoms with Crippen molar-refractivity contribution < 1.29 is 0 Å². The van der Waals surface area contributed by atoms with Gasteiger partial charge in [-0.25, -0.2) is 0 Å². The molecule has 0 amide bonds. The molecule has 8 rings (SSSR count). The van der Waals surface area contributed by atoms with Crippen molar-refractivity contribution in [3.05, 3.63) is 164 Å². The van der Waals surface area contributed by atoms with Gasteiger partial charge in [-0.1, -0.05) is 121 Å². The largest absolute Gasteiger partial charge is 0.399 e. The summed E-state index contributed by atoms with van der Waals surface area (Å²) >= 11 is 0. The number of nitrogens with two attached hydrogens (primary N) is 1. The number of nitrogens with one attached hydrogen (secondary N) is 2. The van der Waals surface area contributed by atoms with E-state index in [-0.39, 0.29) is 11.4 Å². The highest BCUT2D eigenvalue weighted by molar-refractivity contribution is 6.50. The molecule has 0 radical (unpaired) electrons. The van der Waals surface area contributed by atoms with E-state index in [1.54, 1.807) is 12.2 Å². The molecule has 7 aromatic rings. The molecule has 0 fully saturated rings. The van der Waals surface area contributed by atoms with Gasteiger partial charge in [-0.2, -0.15) is 0 Å². The van der Waals surface area contributed by atoms with E-state index >= 15 is 0 Å². The van der Waals surface area contributed by atoms with E-state index in [4.69, 9.17) is 16.6 Å². The van der Waals surface area contributed by atoms with Gasteiger partial charge in [0.15, 0.2) is 0 Å². The van der Waals surface area contributed by atoms with E-state index in [0.29, 0.717) is 0 Å². The first-order valence-electron chi connectivity index (χ1n) is 14.8. The van der Waals surface area contributed by atoms with Gasteiger partial charge >= 0.3 is 0 Å². The van der Waals surface area contributed by atoms with E-state index in [2.05, 4.69) is 89.9 Å². The zero-order chi connectivity index (χ0) is 30.8. The average Bonchev–Trinajstić information content (AvgIpc) is 3.09. The molecule has 0 aliphatic heterocycles. The van der Waals surface area contributed by atoms with Crippen molar-refractivity contribution >= 4 is 55.0 Å². The number of nitrogen functional groups attached to an aromatic ring is 1. The summed E-state index contributed by atoms with van der Waals surface area (Å²) < 4.78 is 0. The minimum Gasteiger partial charge on any atom is -0.399 e. The SMILES string of the molecule is N=C1C=CC(c2c3ccccc3c(-c3ccccc3)c3ccccc23)=CC1=N.Nc1ccc(-c2cncc3ccccc23)cc1. The van der Waals surface area contributed by atoms with Gasteiger partial charge in [0.05, 0.1) is 11.4 Å². The molecule has 4 N–H and O–H groups in total. The maximum Gasteiger partial charge on any atom is 0.0795 e. The molecule has 45 heavy (non-hydrogen) atoms. The predicted molar refractivity (Wildman–Crippen MR) is 191 cm³/mol. The molecule has 214 valence electrons. The van der Waals surface area contributed by atoms with Crippen LogP contribution in [-0.4, -0.2) is 16.4 Å². The van der Waals surface area contributed by atoms with Gasteiger partial charge in [-0.15, -0.1) is 0 Å². The van der Waals surface area contributed by atoms with Crippen LogP contribution in [0.25, 0.3) is 60.1 Å². The third-order valence-electron chi connectivity index (χ3n) is 8.19. The van der Waals surface area contributed by atoms with Crippen LogP contribution in [0, 0.1) is 10.8 Å². The summed E-state index contributed by atoms with van der Waals surface area (Å²) in [6.07, 6.45) is 9.26. The first-order chi connectivity index (χ1) is 22.1. The fourth-order valence-corrected chi connectivity index (χ4v) is 6.06. The molecule has 0 saturated carbocycles. The second-order valence-electron chi connectivity index (χ2n) is 11.0. The number of allylic oxidation sites excluding steroid dienone is 4. The molecule has 4 heteroatoms. The number of hydrogen-bond donors (Lipinski definition) is 3. The number of benzene rings is 6. The summed E-state index contributed by atoms with van der Waals surface area (Å²) in [6, 6.07) is 43.6. The highest BCUT2D eigenvalue weighted by Gasteiger charge is 2.18. The number of hydrogen-bond acceptors (Lipinski definition) is 4. The van der Waals surface area contributed by atoms with Gasteiger partial charge in [0.2, 0.25) is 0 Å². The second kappa shape index (κ2) is 11.9. The van der Waals surface area contributed by atoms with Gasteiger partial charge in [0, 0.05) is 29.0 Å². The van der Waals surface area contributed by atoms with Crippen molar-refractivity contribution in [3.8, 4) is 22.3 Å². The summed E-state index contributed by atoms with van der Waals surface area (Å²) in [5.74, 6) is 0. The van der Waals surface area contributed by atoms with E-state index in [1.807, 2.05) is 60.9 Å². The van der Waals surface area contributed by atoms with Crippen LogP contribution in [0.15, 0.2) is 158 Å². The number of rotatable bonds is 3. The van der Waals surface area contributed by atoms with Crippen LogP contribution in [0.1, 0.15) is 5.56 Å². The Balaban J connectivity index is 0.000000163. The van der Waals surface area contributed by atoms with Crippen molar-refractivity contribution in [2.45, 2.75) is 0 Å². The summed E-state index contributed by atoms with van der Waals surface area (Å²) in [5.41, 5.74) is 13.8. The Hall–Kier alpha value is -6.13. The van der Waals surface area contributed by atoms with Gasteiger partial charge in [-0.3, -0.25) is 15.8 Å². The third kappa shape index (κ3) is 5.30. The standard InChI is InChI=1S/C26H18N2.C15H12N2/c27-23-15-14-18(16-24(23)28)26-21-12-6-4-10-19(21)25(17-8-2-1-3-9-17)20-11-5-7-13-22(20)26;16-13-7-5-11(6-8-13)15-10-17-9-12-3-1-2-4-14(12)15/h1-16,27-28H;1-10H,16H2. The maximum absolute atomic E-state index is 8.12. The quantitative estimate of drug-likeness (QED) is 0.111. The van der Waals surface area contributed by atoms with Gasteiger partial charge in [0.1, 0.15) is 0 Å². The smallest absolute Gasteiger partial charge is 0.0795 e. The van der Waals surface area contributed by atoms with E-state index in [1.165, 1.54) is 27.3 Å². The van der Waals surface area contributed by atoms with Crippen molar-refractivity contribution in [1.82, 2.24) is 4.98 Å². The van der Waals surface area contributed by atoms with Crippen molar-refractivity contribution in [2.24, 2.45) is 0 Å². The minimum absolute atomic E-state index is 0.248. The number of anilines is 1. The lowest BCUT2D eigenvalue weighted by Gasteiger charge is -2.19. The van der Waals surface area contributed by atoms with Crippen LogP contribution in [0.4, 0.5) is 5.69 Å². The summed E-state index contributed by atoms with van der Waals surface area (Å²) in [6.45, 7) is 0. The fraction of sp³-hybridized carbons (Fsp3) is 0. The molecule has 0 unspecified atom stereocenters. The normalized spacial score (nSPS) is 12.7. The van der Waals surface area contributed by atoms with Crippen LogP contribution >= 0.6 is 0 Å². The van der Waals surface area contributed by atoms with Crippen molar-refractivity contribution in [2.75, 3.05) is 5.73 Å². The topological polar surface area (TPSA) is 86.6 Å². The molecule has 1 aromatic heterocycles. The molecule has 0 atom stereocenters. The minimum atomic E-state index is 0.248. The Labute approximate surface area is 261 Å². The Morgan fingerprint density at radius 2 is 1.02 bits per heavy atom. The maximum atomic E-state index is 8.12. The zero-order valence-corrected chi connectivity index (χ0v) is 24.5. The van der Waals surface area contributed by atoms with Gasteiger partial charge < -0.3 is 5.73 Å². The molecule has 4 nitrogen and oxygen atoms in total. The highest BCUT2D eigenvalue weighted by atomic mass is 14.6. The monoisotopic (exact) mass is 578 g/mol. The second-order valence-corrected chi connectivity index (χ2v) is 11.0. The predicted octanol–water partition coefficient (Wildman–Crippen LogP) is 10.1. The van der Waals surface area contributed by atoms with Crippen LogP contribution < -0.4 is 5.73 Å². The van der Waals surface area contributed by atoms with Crippen molar-refractivity contribution in [3.63, 3.8) is 0 Å². The van der Waals surface area contributed by atoms with Crippen LogP contribution in [0.3, 0.4) is 0 Å². The number of aromatic nitrogens is 1. The van der Waals surface area contributed by atoms with E-state index in [0.717, 1.165) is 44.1 Å². The molecular weight excluding hydrogens is 548 g/mol. The fourth-order valence-electron chi connectivity index (χ4n) is 6.06. The van der Waals surface area contributed by atoms with Crippen molar-refractivity contribution in [1.29, 1.82) is 10.8 Å². The zero-order valence-electron chi connectivity index (χ0n) is 24.5. The lowest BCUT2D eigenvalue weighted by molar-refractivity contribution is 1.36. The summed E-state index contributed by atoms with van der Waals surface area (Å²) in [5, 5.41) is 23.1. The molecule has 0 saturated heterocycles. The Morgan fingerprint density at radius 1 is 0.467 bits per heavy atom. The molecule has 0 spiro atoms. The number of fused-ring (bicyclic) bond motifs is 3. The van der Waals surface area contributed by atoms with E-state index < -0.39 is 0 Å². The van der Waals surface area contributed by atoms with Crippen LogP contribution in [0.5, 0.6) is 0 Å².